The maximum absolute atomic E-state index is 13.3. The van der Waals surface area contributed by atoms with Crippen LogP contribution in [0.5, 0.6) is 0 Å². The summed E-state index contributed by atoms with van der Waals surface area (Å²) in [6.07, 6.45) is 2.23. The molecular weight excluding hydrogens is 323 g/mol. The second-order valence-corrected chi connectivity index (χ2v) is 6.10. The molecule has 1 atom stereocenters. The van der Waals surface area contributed by atoms with E-state index in [0.29, 0.717) is 4.47 Å². The molecule has 1 aliphatic heterocycles. The van der Waals surface area contributed by atoms with Crippen molar-refractivity contribution >= 4 is 15.9 Å². The summed E-state index contributed by atoms with van der Waals surface area (Å²) in [5, 5.41) is 3.97. The summed E-state index contributed by atoms with van der Waals surface area (Å²) in [6, 6.07) is 7.46. The second kappa shape index (κ2) is 5.66. The van der Waals surface area contributed by atoms with Gasteiger partial charge in [0.15, 0.2) is 5.76 Å². The fourth-order valence-corrected chi connectivity index (χ4v) is 3.18. The largest absolute Gasteiger partial charge is 0.359 e. The van der Waals surface area contributed by atoms with Gasteiger partial charge in [-0.15, -0.1) is 0 Å². The van der Waals surface area contributed by atoms with E-state index < -0.39 is 0 Å². The quantitative estimate of drug-likeness (QED) is 0.838. The van der Waals surface area contributed by atoms with E-state index in [0.717, 1.165) is 42.9 Å². The Hall–Kier alpha value is -1.20. The van der Waals surface area contributed by atoms with Crippen LogP contribution in [0.1, 0.15) is 35.9 Å². The van der Waals surface area contributed by atoms with Crippen molar-refractivity contribution in [1.29, 1.82) is 0 Å². The van der Waals surface area contributed by atoms with Crippen LogP contribution in [-0.2, 0) is 6.54 Å². The van der Waals surface area contributed by atoms with Gasteiger partial charge in [0.2, 0.25) is 0 Å². The van der Waals surface area contributed by atoms with Crippen molar-refractivity contribution in [2.45, 2.75) is 32.4 Å². The standard InChI is InChI=1S/C15H16BrFN2O/c1-10-7-15(20-18-10)14-3-2-6-19(14)9-11-4-5-13(17)12(16)8-11/h4-5,7-8,14H,2-3,6,9H2,1H3. The topological polar surface area (TPSA) is 29.3 Å². The Kier molecular flexibility index (Phi) is 3.89. The maximum Gasteiger partial charge on any atom is 0.154 e. The molecule has 106 valence electrons. The average molecular weight is 339 g/mol. The molecule has 0 saturated carbocycles. The first-order valence-electron chi connectivity index (χ1n) is 6.74. The third kappa shape index (κ3) is 2.79. The van der Waals surface area contributed by atoms with Gasteiger partial charge < -0.3 is 4.52 Å². The Morgan fingerprint density at radius 3 is 3.00 bits per heavy atom. The molecule has 20 heavy (non-hydrogen) atoms. The van der Waals surface area contributed by atoms with E-state index in [2.05, 4.69) is 26.0 Å². The van der Waals surface area contributed by atoms with Gasteiger partial charge in [-0.25, -0.2) is 4.39 Å². The number of rotatable bonds is 3. The molecule has 0 aliphatic carbocycles. The molecule has 1 unspecified atom stereocenters. The van der Waals surface area contributed by atoms with Gasteiger partial charge in [-0.05, 0) is 59.9 Å². The summed E-state index contributed by atoms with van der Waals surface area (Å²) >= 11 is 3.24. The lowest BCUT2D eigenvalue weighted by atomic mass is 10.1. The van der Waals surface area contributed by atoms with Gasteiger partial charge in [0.1, 0.15) is 5.82 Å². The number of hydrogen-bond acceptors (Lipinski definition) is 3. The van der Waals surface area contributed by atoms with Crippen LogP contribution >= 0.6 is 15.9 Å². The Morgan fingerprint density at radius 1 is 1.45 bits per heavy atom. The summed E-state index contributed by atoms with van der Waals surface area (Å²) < 4.78 is 19.2. The molecule has 0 amide bonds. The molecule has 0 bridgehead atoms. The molecule has 1 aliphatic rings. The summed E-state index contributed by atoms with van der Waals surface area (Å²) in [4.78, 5) is 2.36. The number of benzene rings is 1. The fraction of sp³-hybridized carbons (Fsp3) is 0.400. The number of aromatic nitrogens is 1. The highest BCUT2D eigenvalue weighted by atomic mass is 79.9. The normalized spacial score (nSPS) is 19.6. The zero-order chi connectivity index (χ0) is 14.1. The Bertz CT molecular complexity index is 614. The molecule has 1 fully saturated rings. The highest BCUT2D eigenvalue weighted by Gasteiger charge is 2.29. The number of hydrogen-bond donors (Lipinski definition) is 0. The van der Waals surface area contributed by atoms with E-state index in [1.807, 2.05) is 25.1 Å². The molecule has 2 heterocycles. The lowest BCUT2D eigenvalue weighted by Gasteiger charge is -2.22. The lowest BCUT2D eigenvalue weighted by molar-refractivity contribution is 0.206. The lowest BCUT2D eigenvalue weighted by Crippen LogP contribution is -2.22. The number of nitrogens with zero attached hydrogens (tertiary/aromatic N) is 2. The van der Waals surface area contributed by atoms with Crippen LogP contribution < -0.4 is 0 Å². The minimum Gasteiger partial charge on any atom is -0.359 e. The van der Waals surface area contributed by atoms with Crippen molar-refractivity contribution < 1.29 is 8.91 Å². The van der Waals surface area contributed by atoms with Crippen molar-refractivity contribution in [1.82, 2.24) is 10.1 Å². The van der Waals surface area contributed by atoms with E-state index in [9.17, 15) is 4.39 Å². The summed E-state index contributed by atoms with van der Waals surface area (Å²) in [5.41, 5.74) is 2.01. The fourth-order valence-electron chi connectivity index (χ4n) is 2.75. The van der Waals surface area contributed by atoms with Crippen molar-refractivity contribution in [3.63, 3.8) is 0 Å². The minimum absolute atomic E-state index is 0.224. The number of likely N-dealkylation sites (tertiary alicyclic amines) is 1. The van der Waals surface area contributed by atoms with Gasteiger partial charge in [-0.3, -0.25) is 4.90 Å². The van der Waals surface area contributed by atoms with Gasteiger partial charge in [-0.1, -0.05) is 11.2 Å². The van der Waals surface area contributed by atoms with Gasteiger partial charge in [0.25, 0.3) is 0 Å². The second-order valence-electron chi connectivity index (χ2n) is 5.25. The first kappa shape index (κ1) is 13.8. The van der Waals surface area contributed by atoms with Crippen LogP contribution in [0.25, 0.3) is 0 Å². The first-order chi connectivity index (χ1) is 9.63. The maximum atomic E-state index is 13.3. The molecule has 2 aromatic rings. The molecule has 3 rings (SSSR count). The number of aryl methyl sites for hydroxylation is 1. The van der Waals surface area contributed by atoms with E-state index in [4.69, 9.17) is 4.52 Å². The summed E-state index contributed by atoms with van der Waals surface area (Å²) in [7, 11) is 0. The van der Waals surface area contributed by atoms with Crippen LogP contribution in [0, 0.1) is 12.7 Å². The zero-order valence-electron chi connectivity index (χ0n) is 11.3. The predicted octanol–water partition coefficient (Wildman–Crippen LogP) is 4.22. The third-order valence-corrected chi connectivity index (χ3v) is 4.32. The van der Waals surface area contributed by atoms with Gasteiger partial charge in [-0.2, -0.15) is 0 Å². The van der Waals surface area contributed by atoms with E-state index >= 15 is 0 Å². The Balaban J connectivity index is 1.77. The van der Waals surface area contributed by atoms with Gasteiger partial charge in [0, 0.05) is 12.6 Å². The number of halogens is 2. The Morgan fingerprint density at radius 2 is 2.30 bits per heavy atom. The van der Waals surface area contributed by atoms with Crippen molar-refractivity contribution in [2.75, 3.05) is 6.54 Å². The van der Waals surface area contributed by atoms with E-state index in [1.54, 1.807) is 0 Å². The molecule has 0 N–H and O–H groups in total. The molecule has 3 nitrogen and oxygen atoms in total. The van der Waals surface area contributed by atoms with Crippen molar-refractivity contribution in [3.05, 3.63) is 51.6 Å². The zero-order valence-corrected chi connectivity index (χ0v) is 12.9. The predicted molar refractivity (Wildman–Crippen MR) is 77.7 cm³/mol. The van der Waals surface area contributed by atoms with Crippen LogP contribution in [0.2, 0.25) is 0 Å². The monoisotopic (exact) mass is 338 g/mol. The Labute approximate surface area is 125 Å². The molecule has 5 heteroatoms. The van der Waals surface area contributed by atoms with Gasteiger partial charge in [0.05, 0.1) is 16.2 Å². The first-order valence-corrected chi connectivity index (χ1v) is 7.54. The molecule has 1 aromatic carbocycles. The van der Waals surface area contributed by atoms with Crippen LogP contribution in [0.3, 0.4) is 0 Å². The molecule has 0 spiro atoms. The smallest absolute Gasteiger partial charge is 0.154 e. The summed E-state index contributed by atoms with van der Waals surface area (Å²) in [5.74, 6) is 0.707. The molecule has 1 saturated heterocycles. The highest BCUT2D eigenvalue weighted by molar-refractivity contribution is 9.10. The molecule has 0 radical (unpaired) electrons. The van der Waals surface area contributed by atoms with E-state index in [-0.39, 0.29) is 11.9 Å². The highest BCUT2D eigenvalue weighted by Crippen LogP contribution is 2.33. The van der Waals surface area contributed by atoms with Crippen molar-refractivity contribution in [3.8, 4) is 0 Å². The summed E-state index contributed by atoms with van der Waals surface area (Å²) in [6.45, 7) is 3.76. The van der Waals surface area contributed by atoms with Crippen LogP contribution in [0.15, 0.2) is 33.3 Å². The van der Waals surface area contributed by atoms with Crippen molar-refractivity contribution in [2.24, 2.45) is 0 Å². The van der Waals surface area contributed by atoms with E-state index in [1.165, 1.54) is 6.07 Å². The minimum atomic E-state index is -0.224. The average Bonchev–Trinajstić information content (AvgIpc) is 3.03. The molecular formula is C15H16BrFN2O. The van der Waals surface area contributed by atoms with Crippen LogP contribution in [-0.4, -0.2) is 16.6 Å². The molecule has 1 aromatic heterocycles. The third-order valence-electron chi connectivity index (χ3n) is 3.71. The SMILES string of the molecule is Cc1cc(C2CCCN2Cc2ccc(F)c(Br)c2)on1. The van der Waals surface area contributed by atoms with Gasteiger partial charge >= 0.3 is 0 Å². The van der Waals surface area contributed by atoms with Crippen LogP contribution in [0.4, 0.5) is 4.39 Å².